The highest BCUT2D eigenvalue weighted by molar-refractivity contribution is 7.90. The quantitative estimate of drug-likeness (QED) is 0.713. The molecule has 2 N–H and O–H groups in total. The van der Waals surface area contributed by atoms with Gasteiger partial charge in [-0.05, 0) is 19.8 Å². The van der Waals surface area contributed by atoms with E-state index in [0.29, 0.717) is 25.9 Å². The van der Waals surface area contributed by atoms with Gasteiger partial charge in [-0.3, -0.25) is 4.79 Å². The molecular weight excluding hydrogens is 286 g/mol. The van der Waals surface area contributed by atoms with E-state index in [4.69, 9.17) is 5.11 Å². The van der Waals surface area contributed by atoms with Gasteiger partial charge >= 0.3 is 12.0 Å². The second kappa shape index (κ2) is 5.57. The number of urea groups is 1. The molecule has 2 heterocycles. The molecule has 0 aromatic heterocycles. The van der Waals surface area contributed by atoms with Gasteiger partial charge in [0, 0.05) is 32.2 Å². The largest absolute Gasteiger partial charge is 0.480 e. The zero-order chi connectivity index (χ0) is 14.9. The molecule has 2 fully saturated rings. The van der Waals surface area contributed by atoms with Crippen LogP contribution in [0.2, 0.25) is 0 Å². The number of carboxylic acids is 1. The zero-order valence-corrected chi connectivity index (χ0v) is 12.1. The summed E-state index contributed by atoms with van der Waals surface area (Å²) in [5.74, 6) is -1.34. The van der Waals surface area contributed by atoms with Gasteiger partial charge in [0.2, 0.25) is 10.0 Å². The predicted octanol–water partition coefficient (Wildman–Crippen LogP) is -0.721. The van der Waals surface area contributed by atoms with Gasteiger partial charge < -0.3 is 15.3 Å². The number of aliphatic carboxylic acids is 1. The molecule has 0 bridgehead atoms. The van der Waals surface area contributed by atoms with Crippen molar-refractivity contribution in [2.45, 2.75) is 31.1 Å². The molecular formula is C11H19N3O5S. The van der Waals surface area contributed by atoms with Crippen molar-refractivity contribution in [1.29, 1.82) is 0 Å². The van der Waals surface area contributed by atoms with Crippen LogP contribution in [0.3, 0.4) is 0 Å². The number of amides is 2. The van der Waals surface area contributed by atoms with Crippen molar-refractivity contribution in [2.75, 3.05) is 26.2 Å². The van der Waals surface area contributed by atoms with Gasteiger partial charge in [0.25, 0.3) is 0 Å². The standard InChI is InChI=1S/C11H19N3O5S/c1-8(10(15)16)20(18,19)13-5-2-9(3-6-13)14-7-4-12-11(14)17/h8-9H,2-7H2,1H3,(H,12,17)(H,15,16). The maximum atomic E-state index is 12.1. The summed E-state index contributed by atoms with van der Waals surface area (Å²) in [6.07, 6.45) is 1.08. The van der Waals surface area contributed by atoms with E-state index < -0.39 is 21.2 Å². The summed E-state index contributed by atoms with van der Waals surface area (Å²) in [6, 6.07) is -0.0747. The molecule has 2 saturated heterocycles. The second-order valence-electron chi connectivity index (χ2n) is 5.08. The Kier molecular flexibility index (Phi) is 4.19. The molecule has 20 heavy (non-hydrogen) atoms. The molecule has 0 aromatic rings. The van der Waals surface area contributed by atoms with Crippen molar-refractivity contribution in [3.05, 3.63) is 0 Å². The van der Waals surface area contributed by atoms with Crippen molar-refractivity contribution in [3.63, 3.8) is 0 Å². The smallest absolute Gasteiger partial charge is 0.323 e. The van der Waals surface area contributed by atoms with E-state index in [1.165, 1.54) is 11.2 Å². The van der Waals surface area contributed by atoms with Gasteiger partial charge in [-0.1, -0.05) is 0 Å². The van der Waals surface area contributed by atoms with Crippen LogP contribution >= 0.6 is 0 Å². The molecule has 2 aliphatic rings. The summed E-state index contributed by atoms with van der Waals surface area (Å²) in [4.78, 5) is 24.1. The molecule has 1 atom stereocenters. The number of carboxylic acid groups (broad SMARTS) is 1. The summed E-state index contributed by atoms with van der Waals surface area (Å²) in [7, 11) is -3.81. The summed E-state index contributed by atoms with van der Waals surface area (Å²) < 4.78 is 25.4. The van der Waals surface area contributed by atoms with Crippen LogP contribution in [0.5, 0.6) is 0 Å². The lowest BCUT2D eigenvalue weighted by atomic mass is 10.1. The van der Waals surface area contributed by atoms with Crippen LogP contribution < -0.4 is 5.32 Å². The van der Waals surface area contributed by atoms with Crippen LogP contribution in [0.4, 0.5) is 4.79 Å². The molecule has 2 rings (SSSR count). The summed E-state index contributed by atoms with van der Waals surface area (Å²) >= 11 is 0. The Morgan fingerprint density at radius 1 is 1.35 bits per heavy atom. The fourth-order valence-corrected chi connectivity index (χ4v) is 4.02. The number of nitrogens with one attached hydrogen (secondary N) is 1. The van der Waals surface area contributed by atoms with E-state index >= 15 is 0 Å². The summed E-state index contributed by atoms with van der Waals surface area (Å²) in [6.45, 7) is 2.95. The molecule has 0 saturated carbocycles. The average molecular weight is 305 g/mol. The fraction of sp³-hybridized carbons (Fsp3) is 0.818. The Labute approximate surface area is 117 Å². The normalized spacial score (nSPS) is 23.6. The van der Waals surface area contributed by atoms with Gasteiger partial charge in [0.1, 0.15) is 0 Å². The Balaban J connectivity index is 1.97. The molecule has 114 valence electrons. The lowest BCUT2D eigenvalue weighted by Crippen LogP contribution is -2.50. The number of hydrogen-bond donors (Lipinski definition) is 2. The van der Waals surface area contributed by atoms with E-state index in [2.05, 4.69) is 5.32 Å². The van der Waals surface area contributed by atoms with E-state index in [0.717, 1.165) is 0 Å². The first kappa shape index (κ1) is 15.0. The minimum atomic E-state index is -3.81. The van der Waals surface area contributed by atoms with Crippen LogP contribution in [0.25, 0.3) is 0 Å². The van der Waals surface area contributed by atoms with Crippen molar-refractivity contribution < 1.29 is 23.1 Å². The lowest BCUT2D eigenvalue weighted by Gasteiger charge is -2.36. The average Bonchev–Trinajstić information content (AvgIpc) is 2.84. The SMILES string of the molecule is CC(C(=O)O)S(=O)(=O)N1CCC(N2CCNC2=O)CC1. The first-order valence-corrected chi connectivity index (χ1v) is 8.10. The maximum absolute atomic E-state index is 12.1. The summed E-state index contributed by atoms with van der Waals surface area (Å²) in [5.41, 5.74) is 0. The first-order chi connectivity index (χ1) is 9.34. The third kappa shape index (κ3) is 2.73. The van der Waals surface area contributed by atoms with E-state index in [1.807, 2.05) is 0 Å². The van der Waals surface area contributed by atoms with Gasteiger partial charge in [-0.25, -0.2) is 17.5 Å². The number of hydrogen-bond acceptors (Lipinski definition) is 4. The van der Waals surface area contributed by atoms with Crippen LogP contribution in [-0.2, 0) is 14.8 Å². The third-order valence-corrected chi connectivity index (χ3v) is 6.09. The van der Waals surface area contributed by atoms with Crippen molar-refractivity contribution in [3.8, 4) is 0 Å². The molecule has 0 aromatic carbocycles. The number of piperidine rings is 1. The van der Waals surface area contributed by atoms with Crippen LogP contribution in [0.1, 0.15) is 19.8 Å². The minimum absolute atomic E-state index is 0.0316. The molecule has 2 aliphatic heterocycles. The highest BCUT2D eigenvalue weighted by Gasteiger charge is 2.38. The highest BCUT2D eigenvalue weighted by Crippen LogP contribution is 2.22. The second-order valence-corrected chi connectivity index (χ2v) is 7.33. The van der Waals surface area contributed by atoms with E-state index in [-0.39, 0.29) is 25.2 Å². The molecule has 2 amide bonds. The van der Waals surface area contributed by atoms with E-state index in [9.17, 15) is 18.0 Å². The molecule has 0 spiro atoms. The topological polar surface area (TPSA) is 107 Å². The number of carbonyl (C=O) groups is 2. The van der Waals surface area contributed by atoms with Gasteiger partial charge in [-0.2, -0.15) is 0 Å². The Morgan fingerprint density at radius 2 is 1.95 bits per heavy atom. The van der Waals surface area contributed by atoms with Crippen molar-refractivity contribution in [1.82, 2.24) is 14.5 Å². The predicted molar refractivity (Wildman–Crippen MR) is 70.7 cm³/mol. The molecule has 0 aliphatic carbocycles. The highest BCUT2D eigenvalue weighted by atomic mass is 32.2. The van der Waals surface area contributed by atoms with Crippen LogP contribution in [0, 0.1) is 0 Å². The lowest BCUT2D eigenvalue weighted by molar-refractivity contribution is -0.136. The van der Waals surface area contributed by atoms with Crippen molar-refractivity contribution >= 4 is 22.0 Å². The van der Waals surface area contributed by atoms with Gasteiger partial charge in [0.15, 0.2) is 5.25 Å². The Hall–Kier alpha value is -1.35. The van der Waals surface area contributed by atoms with Gasteiger partial charge in [-0.15, -0.1) is 0 Å². The zero-order valence-electron chi connectivity index (χ0n) is 11.3. The van der Waals surface area contributed by atoms with Crippen LogP contribution in [-0.4, -0.2) is 72.2 Å². The molecule has 1 unspecified atom stereocenters. The van der Waals surface area contributed by atoms with Crippen LogP contribution in [0.15, 0.2) is 0 Å². The molecule has 8 nitrogen and oxygen atoms in total. The maximum Gasteiger partial charge on any atom is 0.323 e. The Morgan fingerprint density at radius 3 is 2.40 bits per heavy atom. The number of nitrogens with zero attached hydrogens (tertiary/aromatic N) is 2. The van der Waals surface area contributed by atoms with Crippen molar-refractivity contribution in [2.24, 2.45) is 0 Å². The number of carbonyl (C=O) groups excluding carboxylic acids is 1. The minimum Gasteiger partial charge on any atom is -0.480 e. The van der Waals surface area contributed by atoms with Gasteiger partial charge in [0.05, 0.1) is 0 Å². The number of sulfonamides is 1. The summed E-state index contributed by atoms with van der Waals surface area (Å²) in [5, 5.41) is 10.1. The molecule has 9 heteroatoms. The monoisotopic (exact) mass is 305 g/mol. The van der Waals surface area contributed by atoms with E-state index in [1.54, 1.807) is 4.90 Å². The number of rotatable bonds is 4. The first-order valence-electron chi connectivity index (χ1n) is 6.60. The fourth-order valence-electron chi connectivity index (χ4n) is 2.59. The molecule has 0 radical (unpaired) electrons. The Bertz CT molecular complexity index is 498. The third-order valence-electron chi connectivity index (χ3n) is 3.91.